The number of aliphatic hydroxyl groups excluding tert-OH is 1. The SMILES string of the molecule is CC1=C2C[C@@H](C)C[C@H](C)[C@H](O)[C@@H](C)/C=C(\C)[C@H](OC(N)=O)[C@@H](C)/C=C\C=C(/C)C(=O)NC(=C(c3ccc(F)cc3)C1=O)C2=O. The highest BCUT2D eigenvalue weighted by atomic mass is 19.1. The second kappa shape index (κ2) is 14.6. The molecule has 0 radical (unpaired) electrons. The topological polar surface area (TPSA) is 136 Å². The predicted molar refractivity (Wildman–Crippen MR) is 167 cm³/mol. The molecule has 1 aromatic carbocycles. The van der Waals surface area contributed by atoms with Crippen LogP contribution in [0.2, 0.25) is 0 Å². The van der Waals surface area contributed by atoms with Gasteiger partial charge in [-0.05, 0) is 68.7 Å². The summed E-state index contributed by atoms with van der Waals surface area (Å²) in [4.78, 5) is 52.7. The maximum absolute atomic E-state index is 14.0. The number of carbonyl (C=O) groups excluding carboxylic acids is 4. The number of carbonyl (C=O) groups is 4. The van der Waals surface area contributed by atoms with Crippen molar-refractivity contribution >= 4 is 29.1 Å². The maximum Gasteiger partial charge on any atom is 0.405 e. The van der Waals surface area contributed by atoms with Crippen LogP contribution in [0.15, 0.2) is 76.6 Å². The van der Waals surface area contributed by atoms with E-state index in [1.165, 1.54) is 24.3 Å². The van der Waals surface area contributed by atoms with Gasteiger partial charge < -0.3 is 20.9 Å². The normalized spacial score (nSPS) is 31.1. The van der Waals surface area contributed by atoms with E-state index in [-0.39, 0.29) is 52.5 Å². The predicted octanol–water partition coefficient (Wildman–Crippen LogP) is 5.73. The van der Waals surface area contributed by atoms with Crippen LogP contribution in [0.3, 0.4) is 0 Å². The third-order valence-corrected chi connectivity index (χ3v) is 8.41. The van der Waals surface area contributed by atoms with Crippen LogP contribution in [0.1, 0.15) is 66.9 Å². The fourth-order valence-corrected chi connectivity index (χ4v) is 5.97. The molecule has 0 saturated carbocycles. The zero-order valence-electron chi connectivity index (χ0n) is 26.4. The van der Waals surface area contributed by atoms with Gasteiger partial charge in [-0.2, -0.15) is 0 Å². The van der Waals surface area contributed by atoms with E-state index in [9.17, 15) is 28.7 Å². The van der Waals surface area contributed by atoms with Crippen molar-refractivity contribution in [2.75, 3.05) is 0 Å². The molecule has 236 valence electrons. The summed E-state index contributed by atoms with van der Waals surface area (Å²) in [7, 11) is 0. The molecule has 0 aromatic heterocycles. The molecule has 2 amide bonds. The molecule has 1 heterocycles. The minimum Gasteiger partial charge on any atom is -0.441 e. The second-order valence-corrected chi connectivity index (χ2v) is 12.2. The molecule has 3 rings (SSSR count). The van der Waals surface area contributed by atoms with Crippen LogP contribution < -0.4 is 11.1 Å². The number of nitrogens with two attached hydrogens (primary N) is 1. The van der Waals surface area contributed by atoms with E-state index in [0.29, 0.717) is 17.6 Å². The standard InChI is InChI=1S/C35H43FN2O6/c1-18-15-21(4)30(39)22(5)17-23(6)33(44-35(37)43)19(2)9-8-10-20(3)34(42)38-29-28(25-11-13-26(36)14-12-25)31(40)24(7)27(16-18)32(29)41/h8-14,17-19,21-22,30,33,39H,15-16H2,1-7H3,(H2,37,43)(H,38,42)/b9-8-,20-10+,23-17+/t18-,19-,21-,22-,30-,33+/m0/s1. The Kier molecular flexibility index (Phi) is 11.4. The number of amides is 2. The van der Waals surface area contributed by atoms with Crippen LogP contribution in [0.25, 0.3) is 5.57 Å². The molecule has 9 heteroatoms. The number of aliphatic hydroxyl groups is 1. The third-order valence-electron chi connectivity index (χ3n) is 8.41. The Morgan fingerprint density at radius 1 is 1.00 bits per heavy atom. The van der Waals surface area contributed by atoms with Gasteiger partial charge in [0.05, 0.1) is 11.7 Å². The highest BCUT2D eigenvalue weighted by Gasteiger charge is 2.35. The van der Waals surface area contributed by atoms with Gasteiger partial charge >= 0.3 is 6.09 Å². The largest absolute Gasteiger partial charge is 0.441 e. The van der Waals surface area contributed by atoms with Gasteiger partial charge in [0.2, 0.25) is 5.78 Å². The summed E-state index contributed by atoms with van der Waals surface area (Å²) in [5.41, 5.74) is 7.08. The lowest BCUT2D eigenvalue weighted by Gasteiger charge is -2.29. The Morgan fingerprint density at radius 2 is 1.64 bits per heavy atom. The number of halogens is 1. The average Bonchev–Trinajstić information content (AvgIpc) is 2.96. The van der Waals surface area contributed by atoms with Crippen LogP contribution in [0.5, 0.6) is 0 Å². The molecule has 8 nitrogen and oxygen atoms in total. The molecular weight excluding hydrogens is 563 g/mol. The van der Waals surface area contributed by atoms with Gasteiger partial charge in [0, 0.05) is 28.6 Å². The summed E-state index contributed by atoms with van der Waals surface area (Å²) >= 11 is 0. The fourth-order valence-electron chi connectivity index (χ4n) is 5.97. The van der Waals surface area contributed by atoms with Gasteiger partial charge in [-0.3, -0.25) is 14.4 Å². The van der Waals surface area contributed by atoms with E-state index in [1.807, 2.05) is 40.7 Å². The second-order valence-electron chi connectivity index (χ2n) is 12.2. The summed E-state index contributed by atoms with van der Waals surface area (Å²) in [6.45, 7) is 12.6. The zero-order valence-corrected chi connectivity index (χ0v) is 26.4. The number of allylic oxidation sites excluding steroid dienone is 5. The lowest BCUT2D eigenvalue weighted by atomic mass is 9.78. The molecule has 6 atom stereocenters. The number of hydrogen-bond donors (Lipinski definition) is 3. The van der Waals surface area contributed by atoms with Gasteiger partial charge in [0.15, 0.2) is 5.78 Å². The monoisotopic (exact) mass is 606 g/mol. The molecule has 0 saturated heterocycles. The Labute approximate surface area is 258 Å². The number of fused-ring (bicyclic) bond motifs is 2. The number of ketones is 2. The first-order valence-electron chi connectivity index (χ1n) is 14.9. The van der Waals surface area contributed by atoms with Crippen LogP contribution in [-0.2, 0) is 19.1 Å². The lowest BCUT2D eigenvalue weighted by Crippen LogP contribution is -2.35. The van der Waals surface area contributed by atoms with E-state index in [0.717, 1.165) is 5.57 Å². The molecule has 1 aromatic rings. The first kappa shape index (κ1) is 34.4. The van der Waals surface area contributed by atoms with Gasteiger partial charge in [-0.25, -0.2) is 9.18 Å². The molecule has 1 aliphatic heterocycles. The lowest BCUT2D eigenvalue weighted by molar-refractivity contribution is -0.119. The molecule has 2 bridgehead atoms. The minimum atomic E-state index is -0.928. The van der Waals surface area contributed by atoms with Gasteiger partial charge in [-0.15, -0.1) is 0 Å². The molecular formula is C35H43FN2O6. The number of hydrogen-bond acceptors (Lipinski definition) is 6. The molecule has 1 aliphatic carbocycles. The molecule has 4 N–H and O–H groups in total. The fraction of sp³-hybridized carbons (Fsp3) is 0.429. The van der Waals surface area contributed by atoms with Gasteiger partial charge in [-0.1, -0.05) is 64.1 Å². The summed E-state index contributed by atoms with van der Waals surface area (Å²) < 4.78 is 19.2. The Balaban J connectivity index is 2.14. The van der Waals surface area contributed by atoms with Crippen molar-refractivity contribution in [3.8, 4) is 0 Å². The van der Waals surface area contributed by atoms with Gasteiger partial charge in [0.25, 0.3) is 5.91 Å². The van der Waals surface area contributed by atoms with E-state index in [4.69, 9.17) is 10.5 Å². The van der Waals surface area contributed by atoms with Crippen molar-refractivity contribution in [3.05, 3.63) is 87.9 Å². The van der Waals surface area contributed by atoms with E-state index in [2.05, 4.69) is 5.32 Å². The first-order valence-corrected chi connectivity index (χ1v) is 14.9. The number of nitrogens with one attached hydrogen (secondary N) is 1. The number of Topliss-reactive ketones (excluding diaryl/α,β-unsaturated/α-hetero) is 2. The van der Waals surface area contributed by atoms with Crippen LogP contribution in [-0.4, -0.2) is 40.9 Å². The van der Waals surface area contributed by atoms with Crippen molar-refractivity contribution in [2.24, 2.45) is 29.4 Å². The smallest absolute Gasteiger partial charge is 0.405 e. The zero-order chi connectivity index (χ0) is 32.9. The third kappa shape index (κ3) is 8.08. The van der Waals surface area contributed by atoms with E-state index >= 15 is 0 Å². The number of rotatable bonds is 2. The van der Waals surface area contributed by atoms with Gasteiger partial charge in [0.1, 0.15) is 17.6 Å². The Hall–Kier alpha value is -4.11. The summed E-state index contributed by atoms with van der Waals surface area (Å²) in [5, 5.41) is 13.9. The summed E-state index contributed by atoms with van der Waals surface area (Å²) in [5.74, 6) is -2.87. The molecule has 0 spiro atoms. The van der Waals surface area contributed by atoms with Crippen molar-refractivity contribution < 1.29 is 33.4 Å². The summed E-state index contributed by atoms with van der Waals surface area (Å²) in [6, 6.07) is 5.20. The maximum atomic E-state index is 14.0. The van der Waals surface area contributed by atoms with Crippen LogP contribution >= 0.6 is 0 Å². The molecule has 2 aliphatic rings. The average molecular weight is 607 g/mol. The Bertz CT molecular complexity index is 1470. The Morgan fingerprint density at radius 3 is 2.25 bits per heavy atom. The van der Waals surface area contributed by atoms with E-state index < -0.39 is 41.6 Å². The first-order chi connectivity index (χ1) is 20.6. The van der Waals surface area contributed by atoms with E-state index in [1.54, 1.807) is 32.1 Å². The highest BCUT2D eigenvalue weighted by molar-refractivity contribution is 6.39. The molecule has 0 unspecified atom stereocenters. The van der Waals surface area contributed by atoms with Crippen molar-refractivity contribution in [2.45, 2.75) is 73.5 Å². The highest BCUT2D eigenvalue weighted by Crippen LogP contribution is 2.35. The van der Waals surface area contributed by atoms with Crippen molar-refractivity contribution in [3.63, 3.8) is 0 Å². The molecule has 44 heavy (non-hydrogen) atoms. The van der Waals surface area contributed by atoms with Crippen LogP contribution in [0, 0.1) is 29.5 Å². The number of ether oxygens (including phenoxy) is 1. The molecule has 0 fully saturated rings. The minimum absolute atomic E-state index is 0.00529. The number of primary amides is 1. The summed E-state index contributed by atoms with van der Waals surface area (Å²) in [6.07, 6.45) is 5.26. The van der Waals surface area contributed by atoms with Crippen LogP contribution in [0.4, 0.5) is 9.18 Å². The van der Waals surface area contributed by atoms with Crippen molar-refractivity contribution in [1.29, 1.82) is 0 Å². The number of benzene rings is 1. The van der Waals surface area contributed by atoms with Crippen molar-refractivity contribution in [1.82, 2.24) is 5.32 Å². The quantitative estimate of drug-likeness (QED) is 0.291.